The van der Waals surface area contributed by atoms with Crippen molar-refractivity contribution < 1.29 is 32.6 Å². The number of phenols is 1. The number of sulfonamides is 1. The number of nitrogens with one attached hydrogen (secondary N) is 1. The van der Waals surface area contributed by atoms with E-state index >= 15 is 0 Å². The second-order valence-electron chi connectivity index (χ2n) is 7.00. The highest BCUT2D eigenvalue weighted by atomic mass is 32.2. The predicted molar refractivity (Wildman–Crippen MR) is 113 cm³/mol. The van der Waals surface area contributed by atoms with Crippen LogP contribution in [0, 0.1) is 0 Å². The molecule has 1 aliphatic heterocycles. The van der Waals surface area contributed by atoms with E-state index in [4.69, 9.17) is 9.47 Å². The van der Waals surface area contributed by atoms with Gasteiger partial charge in [-0.05, 0) is 55.3 Å². The third kappa shape index (κ3) is 5.53. The Hall–Kier alpha value is -3.11. The molecule has 166 valence electrons. The fourth-order valence-electron chi connectivity index (χ4n) is 3.21. The molecule has 0 atom stereocenters. The number of carbonyl (C=O) groups excluding carboxylic acids is 2. The summed E-state index contributed by atoms with van der Waals surface area (Å²) in [6, 6.07) is 9.72. The highest BCUT2D eigenvalue weighted by molar-refractivity contribution is 7.89. The van der Waals surface area contributed by atoms with Crippen molar-refractivity contribution in [3.05, 3.63) is 48.0 Å². The number of benzene rings is 2. The number of carbonyl (C=O) groups is 2. The van der Waals surface area contributed by atoms with E-state index in [2.05, 4.69) is 5.32 Å². The number of ether oxygens (including phenoxy) is 2. The van der Waals surface area contributed by atoms with Crippen LogP contribution in [0.1, 0.15) is 29.6 Å². The third-order valence-corrected chi connectivity index (χ3v) is 6.74. The lowest BCUT2D eigenvalue weighted by Crippen LogP contribution is -2.35. The fourth-order valence-corrected chi connectivity index (χ4v) is 4.91. The molecular formula is C21H24N2O7S. The van der Waals surface area contributed by atoms with Crippen molar-refractivity contribution >= 4 is 27.6 Å². The Morgan fingerprint density at radius 1 is 1.06 bits per heavy atom. The first-order chi connectivity index (χ1) is 14.8. The van der Waals surface area contributed by atoms with Crippen molar-refractivity contribution in [1.82, 2.24) is 4.31 Å². The average Bonchev–Trinajstić information content (AvgIpc) is 2.78. The molecule has 1 aliphatic rings. The summed E-state index contributed by atoms with van der Waals surface area (Å²) in [4.78, 5) is 24.1. The second kappa shape index (κ2) is 9.80. The normalized spacial score (nSPS) is 14.6. The molecule has 1 saturated heterocycles. The van der Waals surface area contributed by atoms with Crippen LogP contribution in [0.25, 0.3) is 0 Å². The van der Waals surface area contributed by atoms with Gasteiger partial charge in [0.2, 0.25) is 10.0 Å². The second-order valence-corrected chi connectivity index (χ2v) is 8.91. The summed E-state index contributed by atoms with van der Waals surface area (Å²) in [5, 5.41) is 11.8. The largest absolute Gasteiger partial charge is 0.508 e. The SMILES string of the molecule is COc1ccc(NC(=O)COC(=O)c2ccc(O)cc2)cc1S(=O)(=O)N1CCCCC1. The van der Waals surface area contributed by atoms with Crippen LogP contribution in [0.4, 0.5) is 5.69 Å². The molecule has 0 aliphatic carbocycles. The van der Waals surface area contributed by atoms with E-state index < -0.39 is 28.5 Å². The predicted octanol–water partition coefficient (Wildman–Crippen LogP) is 2.37. The van der Waals surface area contributed by atoms with Gasteiger partial charge in [0.05, 0.1) is 12.7 Å². The highest BCUT2D eigenvalue weighted by Crippen LogP contribution is 2.31. The van der Waals surface area contributed by atoms with Crippen LogP contribution < -0.4 is 10.1 Å². The fraction of sp³-hybridized carbons (Fsp3) is 0.333. The molecule has 0 bridgehead atoms. The van der Waals surface area contributed by atoms with Crippen LogP contribution in [0.3, 0.4) is 0 Å². The Kier molecular flexibility index (Phi) is 7.13. The number of hydrogen-bond donors (Lipinski definition) is 2. The van der Waals surface area contributed by atoms with Crippen molar-refractivity contribution in [2.45, 2.75) is 24.2 Å². The summed E-state index contributed by atoms with van der Waals surface area (Å²) in [5.74, 6) is -1.16. The summed E-state index contributed by atoms with van der Waals surface area (Å²) in [7, 11) is -2.40. The van der Waals surface area contributed by atoms with Crippen LogP contribution >= 0.6 is 0 Å². The van der Waals surface area contributed by atoms with Crippen molar-refractivity contribution in [2.75, 3.05) is 32.1 Å². The number of piperidine rings is 1. The van der Waals surface area contributed by atoms with E-state index in [0.717, 1.165) is 19.3 Å². The molecule has 2 aromatic rings. The number of nitrogens with zero attached hydrogens (tertiary/aromatic N) is 1. The van der Waals surface area contributed by atoms with Crippen molar-refractivity contribution in [2.24, 2.45) is 0 Å². The lowest BCUT2D eigenvalue weighted by molar-refractivity contribution is -0.119. The Labute approximate surface area is 180 Å². The van der Waals surface area contributed by atoms with Crippen molar-refractivity contribution in [3.63, 3.8) is 0 Å². The van der Waals surface area contributed by atoms with Crippen LogP contribution in [-0.2, 0) is 19.6 Å². The minimum Gasteiger partial charge on any atom is -0.508 e. The monoisotopic (exact) mass is 448 g/mol. The molecule has 2 N–H and O–H groups in total. The molecule has 9 nitrogen and oxygen atoms in total. The standard InChI is InChI=1S/C21H24N2O7S/c1-29-18-10-7-16(13-19(18)31(27,28)23-11-3-2-4-12-23)22-20(25)14-30-21(26)15-5-8-17(24)9-6-15/h5-10,13,24H,2-4,11-12,14H2,1H3,(H,22,25). The van der Waals surface area contributed by atoms with Crippen LogP contribution in [-0.4, -0.2) is 56.5 Å². The van der Waals surface area contributed by atoms with E-state index in [1.807, 2.05) is 0 Å². The molecule has 1 amide bonds. The molecule has 0 spiro atoms. The number of rotatable bonds is 7. The summed E-state index contributed by atoms with van der Waals surface area (Å²) >= 11 is 0. The van der Waals surface area contributed by atoms with Gasteiger partial charge in [-0.3, -0.25) is 4.79 Å². The highest BCUT2D eigenvalue weighted by Gasteiger charge is 2.29. The maximum Gasteiger partial charge on any atom is 0.338 e. The maximum atomic E-state index is 13.0. The zero-order valence-corrected chi connectivity index (χ0v) is 17.9. The molecule has 0 aromatic heterocycles. The van der Waals surface area contributed by atoms with Gasteiger partial charge in [-0.15, -0.1) is 0 Å². The Morgan fingerprint density at radius 2 is 1.74 bits per heavy atom. The number of phenolic OH excluding ortho intramolecular Hbond substituents is 1. The van der Waals surface area contributed by atoms with Gasteiger partial charge in [0, 0.05) is 18.8 Å². The maximum absolute atomic E-state index is 13.0. The molecular weight excluding hydrogens is 424 g/mol. The first-order valence-corrected chi connectivity index (χ1v) is 11.2. The minimum absolute atomic E-state index is 0.00380. The molecule has 3 rings (SSSR count). The topological polar surface area (TPSA) is 122 Å². The van der Waals surface area contributed by atoms with Crippen LogP contribution in [0.15, 0.2) is 47.4 Å². The van der Waals surface area contributed by atoms with Gasteiger partial charge >= 0.3 is 5.97 Å². The molecule has 31 heavy (non-hydrogen) atoms. The molecule has 2 aromatic carbocycles. The summed E-state index contributed by atoms with van der Waals surface area (Å²) in [6.07, 6.45) is 2.58. The number of hydrogen-bond acceptors (Lipinski definition) is 7. The van der Waals surface area contributed by atoms with Crippen LogP contribution in [0.2, 0.25) is 0 Å². The van der Waals surface area contributed by atoms with E-state index in [-0.39, 0.29) is 27.6 Å². The zero-order chi connectivity index (χ0) is 22.4. The molecule has 1 heterocycles. The van der Waals surface area contributed by atoms with E-state index in [9.17, 15) is 23.1 Å². The number of methoxy groups -OCH3 is 1. The average molecular weight is 448 g/mol. The molecule has 0 saturated carbocycles. The van der Waals surface area contributed by atoms with Gasteiger partial charge in [-0.2, -0.15) is 4.31 Å². The lowest BCUT2D eigenvalue weighted by atomic mass is 10.2. The minimum atomic E-state index is -3.78. The number of aromatic hydroxyl groups is 1. The quantitative estimate of drug-likeness (QED) is 0.624. The van der Waals surface area contributed by atoms with Gasteiger partial charge < -0.3 is 19.9 Å². The Bertz CT molecular complexity index is 1050. The number of amides is 1. The smallest absolute Gasteiger partial charge is 0.338 e. The number of esters is 1. The van der Waals surface area contributed by atoms with Gasteiger partial charge in [0.1, 0.15) is 16.4 Å². The van der Waals surface area contributed by atoms with Crippen molar-refractivity contribution in [1.29, 1.82) is 0 Å². The van der Waals surface area contributed by atoms with Gasteiger partial charge in [0.15, 0.2) is 6.61 Å². The Balaban J connectivity index is 1.68. The van der Waals surface area contributed by atoms with Gasteiger partial charge in [-0.1, -0.05) is 6.42 Å². The summed E-state index contributed by atoms with van der Waals surface area (Å²) in [5.41, 5.74) is 0.423. The Morgan fingerprint density at radius 3 is 2.39 bits per heavy atom. The van der Waals surface area contributed by atoms with Gasteiger partial charge in [0.25, 0.3) is 5.91 Å². The van der Waals surface area contributed by atoms with Crippen molar-refractivity contribution in [3.8, 4) is 11.5 Å². The number of anilines is 1. The van der Waals surface area contributed by atoms with E-state index in [1.165, 1.54) is 53.9 Å². The first-order valence-electron chi connectivity index (χ1n) is 9.75. The van der Waals surface area contributed by atoms with Crippen LogP contribution in [0.5, 0.6) is 11.5 Å². The molecule has 0 unspecified atom stereocenters. The zero-order valence-electron chi connectivity index (χ0n) is 17.0. The summed E-state index contributed by atoms with van der Waals surface area (Å²) < 4.78 is 37.7. The first kappa shape index (κ1) is 22.6. The summed E-state index contributed by atoms with van der Waals surface area (Å²) in [6.45, 7) is 0.324. The third-order valence-electron chi connectivity index (χ3n) is 4.82. The lowest BCUT2D eigenvalue weighted by Gasteiger charge is -2.26. The van der Waals surface area contributed by atoms with E-state index in [1.54, 1.807) is 0 Å². The van der Waals surface area contributed by atoms with E-state index in [0.29, 0.717) is 13.1 Å². The van der Waals surface area contributed by atoms with Gasteiger partial charge in [-0.25, -0.2) is 13.2 Å². The molecule has 0 radical (unpaired) electrons. The molecule has 1 fully saturated rings. The molecule has 10 heteroatoms.